The van der Waals surface area contributed by atoms with Crippen LogP contribution in [0.1, 0.15) is 11.3 Å². The number of ether oxygens (including phenoxy) is 1. The maximum Gasteiger partial charge on any atom is 0.328 e. The van der Waals surface area contributed by atoms with Gasteiger partial charge in [-0.05, 0) is 28.8 Å². The number of hydrogen-bond acceptors (Lipinski definition) is 5. The molecule has 3 aromatic carbocycles. The molecule has 0 saturated heterocycles. The lowest BCUT2D eigenvalue weighted by atomic mass is 10.0. The van der Waals surface area contributed by atoms with Crippen molar-refractivity contribution in [3.05, 3.63) is 90.4 Å². The highest BCUT2D eigenvalue weighted by Crippen LogP contribution is 2.26. The zero-order valence-electron chi connectivity index (χ0n) is 19.8. The molecule has 0 spiro atoms. The molecule has 0 bridgehead atoms. The number of H-pyrrole nitrogens is 2. The summed E-state index contributed by atoms with van der Waals surface area (Å²) in [5, 5.41) is 5.96. The van der Waals surface area contributed by atoms with Gasteiger partial charge >= 0.3 is 5.97 Å². The van der Waals surface area contributed by atoms with Crippen LogP contribution in [0.3, 0.4) is 0 Å². The van der Waals surface area contributed by atoms with Crippen LogP contribution in [-0.4, -0.2) is 46.0 Å². The van der Waals surface area contributed by atoms with E-state index in [4.69, 9.17) is 10.5 Å². The van der Waals surface area contributed by atoms with Crippen LogP contribution in [0, 0.1) is 0 Å². The fourth-order valence-corrected chi connectivity index (χ4v) is 4.50. The first-order chi connectivity index (χ1) is 17.5. The van der Waals surface area contributed by atoms with Gasteiger partial charge in [-0.2, -0.15) is 0 Å². The quantitative estimate of drug-likeness (QED) is 0.253. The minimum atomic E-state index is -0.905. The maximum atomic E-state index is 12.9. The Morgan fingerprint density at radius 1 is 1.00 bits per heavy atom. The molecular formula is C28H27N5O3. The first-order valence-electron chi connectivity index (χ1n) is 11.7. The number of aromatic nitrogens is 3. The first-order valence-corrected chi connectivity index (χ1v) is 11.7. The molecular weight excluding hydrogens is 454 g/mol. The molecule has 0 saturated carbocycles. The second-order valence-electron chi connectivity index (χ2n) is 8.74. The Hall–Kier alpha value is -4.43. The topological polar surface area (TPSA) is 126 Å². The molecule has 0 aliphatic carbocycles. The second-order valence-corrected chi connectivity index (χ2v) is 8.74. The molecule has 1 amide bonds. The maximum absolute atomic E-state index is 12.9. The van der Waals surface area contributed by atoms with Gasteiger partial charge in [0.15, 0.2) is 0 Å². The third kappa shape index (κ3) is 4.71. The molecule has 0 fully saturated rings. The molecule has 0 aliphatic heterocycles. The monoisotopic (exact) mass is 481 g/mol. The summed E-state index contributed by atoms with van der Waals surface area (Å²) in [6.45, 7) is 0. The minimum absolute atomic E-state index is 0.190. The Morgan fingerprint density at radius 2 is 1.75 bits per heavy atom. The fourth-order valence-electron chi connectivity index (χ4n) is 4.50. The van der Waals surface area contributed by atoms with Gasteiger partial charge in [-0.1, -0.05) is 60.7 Å². The van der Waals surface area contributed by atoms with Crippen molar-refractivity contribution in [3.63, 3.8) is 0 Å². The average Bonchev–Trinajstić information content (AvgIpc) is 3.54. The van der Waals surface area contributed by atoms with Crippen molar-refractivity contribution in [2.45, 2.75) is 24.9 Å². The molecule has 0 unspecified atom stereocenters. The number of benzene rings is 3. The molecule has 5 rings (SSSR count). The van der Waals surface area contributed by atoms with Crippen LogP contribution in [0.25, 0.3) is 33.1 Å². The van der Waals surface area contributed by atoms with E-state index in [9.17, 15) is 9.59 Å². The van der Waals surface area contributed by atoms with Crippen molar-refractivity contribution < 1.29 is 14.3 Å². The Kier molecular flexibility index (Phi) is 6.51. The van der Waals surface area contributed by atoms with Crippen LogP contribution in [0.15, 0.2) is 79.1 Å². The Balaban J connectivity index is 1.30. The summed E-state index contributed by atoms with van der Waals surface area (Å²) in [6.07, 6.45) is 4.05. The molecule has 182 valence electrons. The van der Waals surface area contributed by atoms with E-state index in [1.807, 2.05) is 72.9 Å². The van der Waals surface area contributed by atoms with E-state index in [0.717, 1.165) is 32.8 Å². The third-order valence-corrected chi connectivity index (χ3v) is 6.35. The van der Waals surface area contributed by atoms with Crippen molar-refractivity contribution >= 4 is 33.6 Å². The van der Waals surface area contributed by atoms with Crippen molar-refractivity contribution in [2.75, 3.05) is 7.11 Å². The minimum Gasteiger partial charge on any atom is -0.467 e. The summed E-state index contributed by atoms with van der Waals surface area (Å²) in [5.74, 6) is -0.291. The Labute approximate surface area is 207 Å². The number of methoxy groups -OCH3 is 1. The third-order valence-electron chi connectivity index (χ3n) is 6.35. The van der Waals surface area contributed by atoms with Gasteiger partial charge in [-0.15, -0.1) is 0 Å². The first kappa shape index (κ1) is 23.3. The number of para-hydroxylation sites is 1. The van der Waals surface area contributed by atoms with Crippen LogP contribution in [0.5, 0.6) is 0 Å². The highest BCUT2D eigenvalue weighted by atomic mass is 16.5. The number of carbonyl (C=O) groups excluding carboxylic acids is 2. The van der Waals surface area contributed by atoms with Crippen molar-refractivity contribution in [2.24, 2.45) is 5.73 Å². The number of imidazole rings is 1. The zero-order chi connectivity index (χ0) is 25.1. The standard InChI is InChI=1S/C28H27N5O3/c1-36-28(35)25(33-27(34)23(29)13-18-15-30-24-12-5-4-10-21(18)24)14-19-16-31-26(32-19)22-11-6-8-17-7-2-3-9-20(17)22/h2-12,15-16,23,25,30H,13-14,29H2,1H3,(H,31,32)(H,33,34)/t23-,25-/m0/s1. The van der Waals surface area contributed by atoms with Gasteiger partial charge in [-0.3, -0.25) is 4.79 Å². The highest BCUT2D eigenvalue weighted by Gasteiger charge is 2.26. The number of esters is 1. The van der Waals surface area contributed by atoms with E-state index in [1.165, 1.54) is 7.11 Å². The number of aromatic amines is 2. The largest absolute Gasteiger partial charge is 0.467 e. The fraction of sp³-hybridized carbons (Fsp3) is 0.179. The lowest BCUT2D eigenvalue weighted by Crippen LogP contribution is -2.50. The van der Waals surface area contributed by atoms with Gasteiger partial charge in [0.2, 0.25) is 5.91 Å². The molecule has 2 aromatic heterocycles. The van der Waals surface area contributed by atoms with Crippen molar-refractivity contribution in [1.82, 2.24) is 20.3 Å². The number of fused-ring (bicyclic) bond motifs is 2. The summed E-state index contributed by atoms with van der Waals surface area (Å²) in [7, 11) is 1.29. The predicted octanol–water partition coefficient (Wildman–Crippen LogP) is 3.48. The predicted molar refractivity (Wildman–Crippen MR) is 139 cm³/mol. The lowest BCUT2D eigenvalue weighted by molar-refractivity contribution is -0.145. The number of amides is 1. The van der Waals surface area contributed by atoms with Crippen LogP contribution in [0.4, 0.5) is 0 Å². The molecule has 2 heterocycles. The number of nitrogens with zero attached hydrogens (tertiary/aromatic N) is 1. The zero-order valence-corrected chi connectivity index (χ0v) is 19.8. The van der Waals surface area contributed by atoms with E-state index >= 15 is 0 Å². The van der Waals surface area contributed by atoms with E-state index in [1.54, 1.807) is 6.20 Å². The lowest BCUT2D eigenvalue weighted by Gasteiger charge is -2.18. The molecule has 2 atom stereocenters. The molecule has 0 radical (unpaired) electrons. The van der Waals surface area contributed by atoms with Crippen LogP contribution in [-0.2, 0) is 27.2 Å². The summed E-state index contributed by atoms with van der Waals surface area (Å²) < 4.78 is 4.94. The van der Waals surface area contributed by atoms with Gasteiger partial charge in [-0.25, -0.2) is 9.78 Å². The van der Waals surface area contributed by atoms with Gasteiger partial charge < -0.3 is 25.8 Å². The molecule has 0 aliphatic rings. The van der Waals surface area contributed by atoms with Crippen LogP contribution >= 0.6 is 0 Å². The van der Waals surface area contributed by atoms with Gasteiger partial charge in [0.05, 0.1) is 13.2 Å². The number of hydrogen-bond donors (Lipinski definition) is 4. The number of nitrogens with one attached hydrogen (secondary N) is 3. The summed E-state index contributed by atoms with van der Waals surface area (Å²) in [4.78, 5) is 36.4. The summed E-state index contributed by atoms with van der Waals surface area (Å²) in [6, 6.07) is 20.2. The Bertz CT molecular complexity index is 1530. The SMILES string of the molecule is COC(=O)[C@H](Cc1cnc(-c2cccc3ccccc23)[nH]1)NC(=O)[C@@H](N)Cc1c[nH]c2ccccc12. The van der Waals surface area contributed by atoms with Gasteiger partial charge in [0.25, 0.3) is 0 Å². The molecule has 5 N–H and O–H groups in total. The van der Waals surface area contributed by atoms with Crippen LogP contribution < -0.4 is 11.1 Å². The van der Waals surface area contributed by atoms with E-state index in [2.05, 4.69) is 20.3 Å². The summed E-state index contributed by atoms with van der Waals surface area (Å²) >= 11 is 0. The average molecular weight is 482 g/mol. The van der Waals surface area contributed by atoms with Crippen LogP contribution in [0.2, 0.25) is 0 Å². The molecule has 8 heteroatoms. The smallest absolute Gasteiger partial charge is 0.328 e. The van der Waals surface area contributed by atoms with Crippen molar-refractivity contribution in [1.29, 1.82) is 0 Å². The number of carbonyl (C=O) groups is 2. The normalized spacial score (nSPS) is 12.9. The van der Waals surface area contributed by atoms with Gasteiger partial charge in [0.1, 0.15) is 11.9 Å². The Morgan fingerprint density at radius 3 is 2.58 bits per heavy atom. The van der Waals surface area contributed by atoms with E-state index in [0.29, 0.717) is 17.9 Å². The molecule has 5 aromatic rings. The molecule has 36 heavy (non-hydrogen) atoms. The summed E-state index contributed by atoms with van der Waals surface area (Å²) in [5.41, 5.74) is 9.79. The highest BCUT2D eigenvalue weighted by molar-refractivity contribution is 5.95. The van der Waals surface area contributed by atoms with E-state index in [-0.39, 0.29) is 6.42 Å². The second kappa shape index (κ2) is 10.1. The van der Waals surface area contributed by atoms with E-state index < -0.39 is 24.0 Å². The number of rotatable bonds is 8. The van der Waals surface area contributed by atoms with Crippen molar-refractivity contribution in [3.8, 4) is 11.4 Å². The molecule has 8 nitrogen and oxygen atoms in total. The number of nitrogens with two attached hydrogens (primary N) is 1. The van der Waals surface area contributed by atoms with Gasteiger partial charge in [0, 0.05) is 41.0 Å².